The van der Waals surface area contributed by atoms with Crippen LogP contribution in [-0.2, 0) is 11.3 Å². The topological polar surface area (TPSA) is 56.3 Å². The Balaban J connectivity index is 2.85. The van der Waals surface area contributed by atoms with Gasteiger partial charge in [-0.3, -0.25) is 9.58 Å². The van der Waals surface area contributed by atoms with E-state index >= 15 is 0 Å². The van der Waals surface area contributed by atoms with Crippen molar-refractivity contribution in [3.63, 3.8) is 0 Å². The quantitative estimate of drug-likeness (QED) is 0.759. The molecular formula is C13H26N4O. The monoisotopic (exact) mass is 254 g/mol. The Morgan fingerprint density at radius 3 is 2.67 bits per heavy atom. The van der Waals surface area contributed by atoms with E-state index in [9.17, 15) is 0 Å². The van der Waals surface area contributed by atoms with Crippen LogP contribution in [0.3, 0.4) is 0 Å². The molecule has 18 heavy (non-hydrogen) atoms. The van der Waals surface area contributed by atoms with Crippen molar-refractivity contribution < 1.29 is 4.74 Å². The van der Waals surface area contributed by atoms with Gasteiger partial charge in [-0.15, -0.1) is 0 Å². The number of hydrogen-bond acceptors (Lipinski definition) is 4. The van der Waals surface area contributed by atoms with Crippen LogP contribution in [0.25, 0.3) is 0 Å². The molecule has 0 amide bonds. The Morgan fingerprint density at radius 2 is 2.22 bits per heavy atom. The van der Waals surface area contributed by atoms with Gasteiger partial charge in [0.1, 0.15) is 0 Å². The van der Waals surface area contributed by atoms with Gasteiger partial charge in [0.15, 0.2) is 0 Å². The SMILES string of the molecule is CCN(C(C)COC)C(CN)c1cnn(CC)c1. The molecule has 0 aromatic carbocycles. The number of hydrogen-bond donors (Lipinski definition) is 1. The third-order valence-corrected chi connectivity index (χ3v) is 3.32. The van der Waals surface area contributed by atoms with Crippen LogP contribution in [0, 0.1) is 0 Å². The van der Waals surface area contributed by atoms with Gasteiger partial charge in [0, 0.05) is 38.0 Å². The fraction of sp³-hybridized carbons (Fsp3) is 0.769. The number of likely N-dealkylation sites (N-methyl/N-ethyl adjacent to an activating group) is 1. The van der Waals surface area contributed by atoms with Gasteiger partial charge in [0.2, 0.25) is 0 Å². The number of ether oxygens (including phenoxy) is 1. The van der Waals surface area contributed by atoms with Crippen molar-refractivity contribution in [1.82, 2.24) is 14.7 Å². The van der Waals surface area contributed by atoms with E-state index in [4.69, 9.17) is 10.5 Å². The highest BCUT2D eigenvalue weighted by Gasteiger charge is 2.23. The van der Waals surface area contributed by atoms with E-state index in [1.807, 2.05) is 10.9 Å². The molecule has 104 valence electrons. The van der Waals surface area contributed by atoms with Crippen molar-refractivity contribution in [1.29, 1.82) is 0 Å². The van der Waals surface area contributed by atoms with Crippen LogP contribution >= 0.6 is 0 Å². The average Bonchev–Trinajstić information content (AvgIpc) is 2.84. The lowest BCUT2D eigenvalue weighted by Gasteiger charge is -2.34. The fourth-order valence-electron chi connectivity index (χ4n) is 2.36. The Bertz CT molecular complexity index is 339. The minimum absolute atomic E-state index is 0.209. The number of aromatic nitrogens is 2. The summed E-state index contributed by atoms with van der Waals surface area (Å²) in [5.74, 6) is 0. The summed E-state index contributed by atoms with van der Waals surface area (Å²) in [6.07, 6.45) is 4.00. The number of nitrogens with two attached hydrogens (primary N) is 1. The molecule has 1 aromatic heterocycles. The van der Waals surface area contributed by atoms with Crippen LogP contribution in [0.5, 0.6) is 0 Å². The maximum absolute atomic E-state index is 5.95. The van der Waals surface area contributed by atoms with Gasteiger partial charge in [0.05, 0.1) is 18.8 Å². The smallest absolute Gasteiger partial charge is 0.0615 e. The maximum atomic E-state index is 5.95. The summed E-state index contributed by atoms with van der Waals surface area (Å²) in [6, 6.07) is 0.555. The normalized spacial score (nSPS) is 15.0. The zero-order valence-electron chi connectivity index (χ0n) is 12.0. The van der Waals surface area contributed by atoms with Gasteiger partial charge in [0.25, 0.3) is 0 Å². The van der Waals surface area contributed by atoms with Crippen LogP contribution in [0.1, 0.15) is 32.4 Å². The highest BCUT2D eigenvalue weighted by molar-refractivity contribution is 5.11. The standard InChI is InChI=1S/C13H26N4O/c1-5-16-9-12(8-15-16)13(7-14)17(6-2)11(3)10-18-4/h8-9,11,13H,5-7,10,14H2,1-4H3. The minimum atomic E-state index is 0.209. The van der Waals surface area contributed by atoms with Crippen molar-refractivity contribution >= 4 is 0 Å². The van der Waals surface area contributed by atoms with Crippen molar-refractivity contribution in [2.45, 2.75) is 39.4 Å². The van der Waals surface area contributed by atoms with E-state index in [0.29, 0.717) is 19.2 Å². The van der Waals surface area contributed by atoms with Crippen molar-refractivity contribution in [3.05, 3.63) is 18.0 Å². The molecule has 5 nitrogen and oxygen atoms in total. The molecule has 0 saturated carbocycles. The number of nitrogens with zero attached hydrogens (tertiary/aromatic N) is 3. The van der Waals surface area contributed by atoms with Gasteiger partial charge in [-0.1, -0.05) is 6.92 Å². The summed E-state index contributed by atoms with van der Waals surface area (Å²) in [5.41, 5.74) is 7.13. The second-order valence-corrected chi connectivity index (χ2v) is 4.52. The first-order valence-corrected chi connectivity index (χ1v) is 6.64. The largest absolute Gasteiger partial charge is 0.383 e. The van der Waals surface area contributed by atoms with Crippen LogP contribution in [0.2, 0.25) is 0 Å². The number of rotatable bonds is 8. The first kappa shape index (κ1) is 15.1. The molecule has 0 bridgehead atoms. The van der Waals surface area contributed by atoms with Crippen LogP contribution in [-0.4, -0.2) is 47.5 Å². The minimum Gasteiger partial charge on any atom is -0.383 e. The average molecular weight is 254 g/mol. The molecule has 5 heteroatoms. The van der Waals surface area contributed by atoms with Crippen LogP contribution < -0.4 is 5.73 Å². The molecule has 2 atom stereocenters. The molecule has 2 N–H and O–H groups in total. The molecule has 0 saturated heterocycles. The lowest BCUT2D eigenvalue weighted by molar-refractivity contribution is 0.0751. The summed E-state index contributed by atoms with van der Waals surface area (Å²) in [5, 5.41) is 4.33. The lowest BCUT2D eigenvalue weighted by atomic mass is 10.1. The van der Waals surface area contributed by atoms with Crippen molar-refractivity contribution in [2.24, 2.45) is 5.73 Å². The van der Waals surface area contributed by atoms with E-state index in [0.717, 1.165) is 13.1 Å². The predicted octanol–water partition coefficient (Wildman–Crippen LogP) is 1.26. The Morgan fingerprint density at radius 1 is 1.50 bits per heavy atom. The molecule has 1 heterocycles. The zero-order valence-corrected chi connectivity index (χ0v) is 12.0. The molecule has 1 rings (SSSR count). The number of aryl methyl sites for hydroxylation is 1. The number of methoxy groups -OCH3 is 1. The van der Waals surface area contributed by atoms with Gasteiger partial charge in [-0.2, -0.15) is 5.10 Å². The first-order chi connectivity index (χ1) is 8.67. The summed E-state index contributed by atoms with van der Waals surface area (Å²) in [6.45, 7) is 9.54. The van der Waals surface area contributed by atoms with E-state index < -0.39 is 0 Å². The van der Waals surface area contributed by atoms with E-state index in [1.165, 1.54) is 5.56 Å². The van der Waals surface area contributed by atoms with E-state index in [1.54, 1.807) is 7.11 Å². The molecule has 0 aliphatic heterocycles. The van der Waals surface area contributed by atoms with Gasteiger partial charge in [-0.05, 0) is 20.4 Å². The fourth-order valence-corrected chi connectivity index (χ4v) is 2.36. The predicted molar refractivity (Wildman–Crippen MR) is 73.4 cm³/mol. The lowest BCUT2D eigenvalue weighted by Crippen LogP contribution is -2.42. The maximum Gasteiger partial charge on any atom is 0.0615 e. The van der Waals surface area contributed by atoms with Gasteiger partial charge in [-0.25, -0.2) is 0 Å². The molecule has 0 fully saturated rings. The van der Waals surface area contributed by atoms with E-state index in [2.05, 4.69) is 37.0 Å². The van der Waals surface area contributed by atoms with Crippen molar-refractivity contribution in [2.75, 3.05) is 26.8 Å². The molecule has 0 radical (unpaired) electrons. The summed E-state index contributed by atoms with van der Waals surface area (Å²) in [4.78, 5) is 2.36. The molecule has 0 spiro atoms. The Kier molecular flexibility index (Phi) is 6.32. The molecular weight excluding hydrogens is 228 g/mol. The van der Waals surface area contributed by atoms with E-state index in [-0.39, 0.29) is 6.04 Å². The third kappa shape index (κ3) is 3.54. The van der Waals surface area contributed by atoms with Gasteiger partial charge < -0.3 is 10.5 Å². The first-order valence-electron chi connectivity index (χ1n) is 6.64. The summed E-state index contributed by atoms with van der Waals surface area (Å²) in [7, 11) is 1.73. The van der Waals surface area contributed by atoms with Crippen molar-refractivity contribution in [3.8, 4) is 0 Å². The zero-order chi connectivity index (χ0) is 13.5. The second-order valence-electron chi connectivity index (χ2n) is 4.52. The molecule has 1 aromatic rings. The Hall–Kier alpha value is -0.910. The molecule has 0 aliphatic rings. The van der Waals surface area contributed by atoms with Gasteiger partial charge >= 0.3 is 0 Å². The Labute approximate surface area is 110 Å². The second kappa shape index (κ2) is 7.51. The van der Waals surface area contributed by atoms with Crippen LogP contribution in [0.15, 0.2) is 12.4 Å². The summed E-state index contributed by atoms with van der Waals surface area (Å²) < 4.78 is 7.18. The summed E-state index contributed by atoms with van der Waals surface area (Å²) >= 11 is 0. The molecule has 0 aliphatic carbocycles. The van der Waals surface area contributed by atoms with Crippen LogP contribution in [0.4, 0.5) is 0 Å². The third-order valence-electron chi connectivity index (χ3n) is 3.32. The molecule has 2 unspecified atom stereocenters. The highest BCUT2D eigenvalue weighted by atomic mass is 16.5. The highest BCUT2D eigenvalue weighted by Crippen LogP contribution is 2.21.